The summed E-state index contributed by atoms with van der Waals surface area (Å²) in [7, 11) is 0. The number of fused-ring (bicyclic) bond motifs is 1. The Morgan fingerprint density at radius 3 is 2.92 bits per heavy atom. The number of nitrogens with one attached hydrogen (secondary N) is 1. The van der Waals surface area contributed by atoms with Crippen LogP contribution in [0.15, 0.2) is 4.99 Å². The summed E-state index contributed by atoms with van der Waals surface area (Å²) in [6.07, 6.45) is 3.99. The molecule has 1 atom stereocenters. The lowest BCUT2D eigenvalue weighted by Gasteiger charge is -2.34. The normalized spacial score (nSPS) is 19.7. The third kappa shape index (κ3) is 4.86. The number of guanidine groups is 1. The van der Waals surface area contributed by atoms with Gasteiger partial charge in [-0.3, -0.25) is 4.79 Å². The number of nitrogens with zero attached hydrogens (tertiary/aromatic N) is 5. The number of piperidine rings is 1. The lowest BCUT2D eigenvalue weighted by atomic mass is 9.98. The van der Waals surface area contributed by atoms with Crippen molar-refractivity contribution in [2.24, 2.45) is 10.9 Å². The molecule has 26 heavy (non-hydrogen) atoms. The van der Waals surface area contributed by atoms with Gasteiger partial charge in [-0.25, -0.2) is 4.99 Å². The first-order valence-corrected chi connectivity index (χ1v) is 9.33. The number of ether oxygens (including phenoxy) is 1. The topological polar surface area (TPSA) is 84.6 Å². The third-order valence-corrected chi connectivity index (χ3v) is 4.73. The molecule has 1 fully saturated rings. The van der Waals surface area contributed by atoms with Crippen LogP contribution in [0.3, 0.4) is 0 Å². The lowest BCUT2D eigenvalue weighted by Crippen LogP contribution is -2.48. The molecule has 2 aliphatic rings. The summed E-state index contributed by atoms with van der Waals surface area (Å²) in [5.74, 6) is 2.65. The SMILES string of the molecule is CCNC(=NCc1nnc2n1CCC2)N1CCCC(C(=O)OCC)C1.I. The van der Waals surface area contributed by atoms with Gasteiger partial charge in [-0.2, -0.15) is 0 Å². The van der Waals surface area contributed by atoms with Crippen molar-refractivity contribution in [1.29, 1.82) is 0 Å². The zero-order valence-corrected chi connectivity index (χ0v) is 17.9. The van der Waals surface area contributed by atoms with E-state index in [1.807, 2.05) is 6.92 Å². The van der Waals surface area contributed by atoms with Crippen LogP contribution in [0.5, 0.6) is 0 Å². The van der Waals surface area contributed by atoms with E-state index in [9.17, 15) is 4.79 Å². The van der Waals surface area contributed by atoms with E-state index in [2.05, 4.69) is 31.9 Å². The lowest BCUT2D eigenvalue weighted by molar-refractivity contribution is -0.149. The highest BCUT2D eigenvalue weighted by Crippen LogP contribution is 2.19. The van der Waals surface area contributed by atoms with Gasteiger partial charge < -0.3 is 19.5 Å². The molecule has 0 spiro atoms. The molecule has 0 radical (unpaired) electrons. The van der Waals surface area contributed by atoms with Crippen LogP contribution in [-0.2, 0) is 29.0 Å². The Morgan fingerprint density at radius 1 is 1.31 bits per heavy atom. The van der Waals surface area contributed by atoms with Crippen LogP contribution in [0.4, 0.5) is 0 Å². The van der Waals surface area contributed by atoms with Gasteiger partial charge in [0.1, 0.15) is 12.4 Å². The van der Waals surface area contributed by atoms with Crippen molar-refractivity contribution in [2.75, 3.05) is 26.2 Å². The van der Waals surface area contributed by atoms with Crippen LogP contribution in [0.25, 0.3) is 0 Å². The third-order valence-electron chi connectivity index (χ3n) is 4.73. The molecule has 1 aromatic rings. The number of hydrogen-bond donors (Lipinski definition) is 1. The zero-order chi connectivity index (χ0) is 17.6. The first-order chi connectivity index (χ1) is 12.2. The Hall–Kier alpha value is -1.39. The molecule has 0 saturated carbocycles. The van der Waals surface area contributed by atoms with E-state index in [4.69, 9.17) is 9.73 Å². The maximum absolute atomic E-state index is 12.1. The minimum atomic E-state index is -0.0988. The minimum Gasteiger partial charge on any atom is -0.466 e. The van der Waals surface area contributed by atoms with Crippen LogP contribution in [-0.4, -0.2) is 57.8 Å². The molecule has 0 amide bonds. The Balaban J connectivity index is 0.00000243. The average molecular weight is 476 g/mol. The second-order valence-corrected chi connectivity index (χ2v) is 6.50. The number of esters is 1. The van der Waals surface area contributed by atoms with Gasteiger partial charge in [0.2, 0.25) is 0 Å². The fourth-order valence-electron chi connectivity index (χ4n) is 3.52. The summed E-state index contributed by atoms with van der Waals surface area (Å²) in [6.45, 7) is 8.17. The number of rotatable bonds is 5. The summed E-state index contributed by atoms with van der Waals surface area (Å²) in [5.41, 5.74) is 0. The summed E-state index contributed by atoms with van der Waals surface area (Å²) < 4.78 is 7.36. The molecule has 0 aliphatic carbocycles. The maximum Gasteiger partial charge on any atom is 0.310 e. The van der Waals surface area contributed by atoms with Crippen molar-refractivity contribution in [3.05, 3.63) is 11.6 Å². The number of aliphatic imine (C=N–C) groups is 1. The van der Waals surface area contributed by atoms with Gasteiger partial charge >= 0.3 is 5.97 Å². The molecular formula is C17H29IN6O2. The Morgan fingerprint density at radius 2 is 2.15 bits per heavy atom. The van der Waals surface area contributed by atoms with Gasteiger partial charge in [0.15, 0.2) is 11.8 Å². The van der Waals surface area contributed by atoms with Crippen LogP contribution in [0.2, 0.25) is 0 Å². The predicted octanol–water partition coefficient (Wildman–Crippen LogP) is 1.58. The van der Waals surface area contributed by atoms with Gasteiger partial charge in [0, 0.05) is 32.6 Å². The van der Waals surface area contributed by atoms with Gasteiger partial charge in [-0.15, -0.1) is 34.2 Å². The highest BCUT2D eigenvalue weighted by Gasteiger charge is 2.28. The van der Waals surface area contributed by atoms with Crippen LogP contribution >= 0.6 is 24.0 Å². The van der Waals surface area contributed by atoms with E-state index in [0.29, 0.717) is 19.7 Å². The number of halogens is 1. The molecule has 3 heterocycles. The highest BCUT2D eigenvalue weighted by atomic mass is 127. The number of aryl methyl sites for hydroxylation is 1. The molecule has 146 valence electrons. The summed E-state index contributed by atoms with van der Waals surface area (Å²) in [5, 5.41) is 11.8. The molecule has 1 unspecified atom stereocenters. The van der Waals surface area contributed by atoms with E-state index in [0.717, 1.165) is 62.9 Å². The molecule has 8 nitrogen and oxygen atoms in total. The highest BCUT2D eigenvalue weighted by molar-refractivity contribution is 14.0. The van der Waals surface area contributed by atoms with Crippen molar-refractivity contribution in [1.82, 2.24) is 25.0 Å². The maximum atomic E-state index is 12.1. The summed E-state index contributed by atoms with van der Waals surface area (Å²) in [4.78, 5) is 19.0. The standard InChI is InChI=1S/C17H28N6O2.HI/c1-3-18-17(19-11-15-21-20-14-8-6-10-23(14)15)22-9-5-7-13(12-22)16(24)25-4-2;/h13H,3-12H2,1-2H3,(H,18,19);1H. The van der Waals surface area contributed by atoms with E-state index in [1.54, 1.807) is 0 Å². The van der Waals surface area contributed by atoms with Gasteiger partial charge in [0.25, 0.3) is 0 Å². The van der Waals surface area contributed by atoms with Crippen molar-refractivity contribution in [3.8, 4) is 0 Å². The van der Waals surface area contributed by atoms with E-state index >= 15 is 0 Å². The molecule has 0 aromatic carbocycles. The van der Waals surface area contributed by atoms with Gasteiger partial charge in [0.05, 0.1) is 12.5 Å². The molecule has 1 N–H and O–H groups in total. The molecule has 2 aliphatic heterocycles. The molecule has 1 saturated heterocycles. The van der Waals surface area contributed by atoms with Crippen LogP contribution in [0, 0.1) is 5.92 Å². The van der Waals surface area contributed by atoms with E-state index < -0.39 is 0 Å². The molecule has 9 heteroatoms. The Kier molecular flexibility index (Phi) is 8.11. The molecule has 1 aromatic heterocycles. The van der Waals surface area contributed by atoms with Gasteiger partial charge in [-0.05, 0) is 33.1 Å². The first kappa shape index (κ1) is 20.9. The van der Waals surface area contributed by atoms with E-state index in [1.165, 1.54) is 0 Å². The number of aromatic nitrogens is 3. The fraction of sp³-hybridized carbons (Fsp3) is 0.765. The molecule has 3 rings (SSSR count). The average Bonchev–Trinajstić information content (AvgIpc) is 3.23. The smallest absolute Gasteiger partial charge is 0.310 e. The quantitative estimate of drug-likeness (QED) is 0.301. The minimum absolute atomic E-state index is 0. The monoisotopic (exact) mass is 476 g/mol. The van der Waals surface area contributed by atoms with Crippen molar-refractivity contribution in [3.63, 3.8) is 0 Å². The molecule has 0 bridgehead atoms. The second kappa shape index (κ2) is 10.1. The second-order valence-electron chi connectivity index (χ2n) is 6.50. The number of hydrogen-bond acceptors (Lipinski definition) is 5. The van der Waals surface area contributed by atoms with Gasteiger partial charge in [-0.1, -0.05) is 0 Å². The predicted molar refractivity (Wildman–Crippen MR) is 110 cm³/mol. The van der Waals surface area contributed by atoms with Crippen molar-refractivity contribution >= 4 is 35.9 Å². The van der Waals surface area contributed by atoms with Crippen molar-refractivity contribution in [2.45, 2.75) is 52.6 Å². The van der Waals surface area contributed by atoms with Crippen LogP contribution in [0.1, 0.15) is 44.8 Å². The molecular weight excluding hydrogens is 447 g/mol. The summed E-state index contributed by atoms with van der Waals surface area (Å²) in [6, 6.07) is 0. The number of carbonyl (C=O) groups is 1. The number of carbonyl (C=O) groups excluding carboxylic acids is 1. The van der Waals surface area contributed by atoms with E-state index in [-0.39, 0.29) is 35.9 Å². The fourth-order valence-corrected chi connectivity index (χ4v) is 3.52. The largest absolute Gasteiger partial charge is 0.466 e. The van der Waals surface area contributed by atoms with Crippen molar-refractivity contribution < 1.29 is 9.53 Å². The zero-order valence-electron chi connectivity index (χ0n) is 15.6. The number of likely N-dealkylation sites (tertiary alicyclic amines) is 1. The van der Waals surface area contributed by atoms with Crippen LogP contribution < -0.4 is 5.32 Å². The first-order valence-electron chi connectivity index (χ1n) is 9.33. The Bertz CT molecular complexity index is 633. The summed E-state index contributed by atoms with van der Waals surface area (Å²) >= 11 is 0. The Labute approximate surface area is 171 Å².